The molecule has 0 radical (unpaired) electrons. The van der Waals surface area contributed by atoms with Gasteiger partial charge in [0.2, 0.25) is 0 Å². The molecular weight excluding hydrogens is 218 g/mol. The summed E-state index contributed by atoms with van der Waals surface area (Å²) in [5, 5.41) is 2.07. The van der Waals surface area contributed by atoms with Crippen molar-refractivity contribution in [2.45, 2.75) is 6.42 Å². The summed E-state index contributed by atoms with van der Waals surface area (Å²) >= 11 is 1.72. The lowest BCUT2D eigenvalue weighted by atomic mass is 10.1. The quantitative estimate of drug-likeness (QED) is 0.881. The highest BCUT2D eigenvalue weighted by molar-refractivity contribution is 7.13. The van der Waals surface area contributed by atoms with Crippen molar-refractivity contribution in [3.8, 4) is 16.2 Å². The molecule has 0 fully saturated rings. The van der Waals surface area contributed by atoms with Crippen LogP contribution in [0.4, 0.5) is 0 Å². The van der Waals surface area contributed by atoms with E-state index in [-0.39, 0.29) is 0 Å². The number of benzene rings is 1. The van der Waals surface area contributed by atoms with Crippen LogP contribution in [-0.2, 0) is 6.42 Å². The van der Waals surface area contributed by atoms with Crippen LogP contribution in [0.2, 0.25) is 0 Å². The van der Waals surface area contributed by atoms with E-state index in [0.29, 0.717) is 6.54 Å². The monoisotopic (exact) mass is 233 g/mol. The highest BCUT2D eigenvalue weighted by atomic mass is 32.1. The molecule has 2 nitrogen and oxygen atoms in total. The van der Waals surface area contributed by atoms with Crippen molar-refractivity contribution in [2.75, 3.05) is 13.7 Å². The molecule has 2 rings (SSSR count). The van der Waals surface area contributed by atoms with Crippen LogP contribution in [0.1, 0.15) is 5.56 Å². The van der Waals surface area contributed by atoms with Crippen LogP contribution < -0.4 is 10.5 Å². The normalized spacial score (nSPS) is 10.4. The third-order valence-electron chi connectivity index (χ3n) is 2.48. The van der Waals surface area contributed by atoms with Gasteiger partial charge in [0, 0.05) is 10.4 Å². The van der Waals surface area contributed by atoms with E-state index in [1.807, 2.05) is 6.07 Å². The van der Waals surface area contributed by atoms with Gasteiger partial charge in [-0.05, 0) is 42.1 Å². The van der Waals surface area contributed by atoms with Crippen LogP contribution >= 0.6 is 11.3 Å². The van der Waals surface area contributed by atoms with E-state index < -0.39 is 0 Å². The molecule has 84 valence electrons. The maximum Gasteiger partial charge on any atom is 0.127 e. The zero-order valence-corrected chi connectivity index (χ0v) is 10.1. The lowest BCUT2D eigenvalue weighted by Crippen LogP contribution is -2.02. The fourth-order valence-corrected chi connectivity index (χ4v) is 2.45. The maximum atomic E-state index is 5.57. The predicted molar refractivity (Wildman–Crippen MR) is 69.1 cm³/mol. The van der Waals surface area contributed by atoms with Gasteiger partial charge in [-0.1, -0.05) is 12.1 Å². The van der Waals surface area contributed by atoms with Crippen molar-refractivity contribution in [2.24, 2.45) is 5.73 Å². The zero-order valence-electron chi connectivity index (χ0n) is 9.27. The summed E-state index contributed by atoms with van der Waals surface area (Å²) in [4.78, 5) is 1.23. The number of rotatable bonds is 4. The minimum absolute atomic E-state index is 0.677. The topological polar surface area (TPSA) is 35.2 Å². The molecule has 0 saturated carbocycles. The number of hydrogen-bond acceptors (Lipinski definition) is 3. The van der Waals surface area contributed by atoms with Crippen LogP contribution in [0.3, 0.4) is 0 Å². The first-order valence-corrected chi connectivity index (χ1v) is 6.14. The fourth-order valence-electron chi connectivity index (χ4n) is 1.70. The number of hydrogen-bond donors (Lipinski definition) is 1. The highest BCUT2D eigenvalue weighted by Crippen LogP contribution is 2.33. The van der Waals surface area contributed by atoms with E-state index in [1.54, 1.807) is 18.4 Å². The van der Waals surface area contributed by atoms with Gasteiger partial charge in [-0.15, -0.1) is 11.3 Å². The molecule has 0 spiro atoms. The fraction of sp³-hybridized carbons (Fsp3) is 0.231. The van der Waals surface area contributed by atoms with Gasteiger partial charge < -0.3 is 10.5 Å². The molecule has 1 aromatic heterocycles. The van der Waals surface area contributed by atoms with Crippen LogP contribution in [0.5, 0.6) is 5.75 Å². The first-order chi connectivity index (χ1) is 7.85. The Kier molecular flexibility index (Phi) is 3.59. The predicted octanol–water partition coefficient (Wildman–Crippen LogP) is 2.92. The Morgan fingerprint density at radius 2 is 2.19 bits per heavy atom. The molecule has 16 heavy (non-hydrogen) atoms. The van der Waals surface area contributed by atoms with E-state index in [9.17, 15) is 0 Å². The molecular formula is C13H15NOS. The standard InChI is InChI=1S/C13H15NOS/c1-15-12-5-4-10(6-7-14)9-11(12)13-3-2-8-16-13/h2-5,8-9H,6-7,14H2,1H3. The minimum Gasteiger partial charge on any atom is -0.496 e. The average Bonchev–Trinajstić information content (AvgIpc) is 2.83. The molecule has 0 aliphatic heterocycles. The first-order valence-electron chi connectivity index (χ1n) is 5.26. The van der Waals surface area contributed by atoms with E-state index in [2.05, 4.69) is 29.6 Å². The molecule has 0 unspecified atom stereocenters. The van der Waals surface area contributed by atoms with Crippen LogP contribution in [-0.4, -0.2) is 13.7 Å². The summed E-state index contributed by atoms with van der Waals surface area (Å²) in [6.45, 7) is 0.677. The van der Waals surface area contributed by atoms with Crippen molar-refractivity contribution in [1.82, 2.24) is 0 Å². The third kappa shape index (κ3) is 2.26. The molecule has 0 amide bonds. The molecule has 3 heteroatoms. The van der Waals surface area contributed by atoms with Crippen molar-refractivity contribution in [1.29, 1.82) is 0 Å². The van der Waals surface area contributed by atoms with Gasteiger partial charge in [-0.2, -0.15) is 0 Å². The van der Waals surface area contributed by atoms with Crippen LogP contribution in [0.25, 0.3) is 10.4 Å². The zero-order chi connectivity index (χ0) is 11.4. The highest BCUT2D eigenvalue weighted by Gasteiger charge is 2.07. The van der Waals surface area contributed by atoms with Gasteiger partial charge >= 0.3 is 0 Å². The first kappa shape index (κ1) is 11.2. The summed E-state index contributed by atoms with van der Waals surface area (Å²) < 4.78 is 5.38. The molecule has 0 saturated heterocycles. The second-order valence-corrected chi connectivity index (χ2v) is 4.50. The SMILES string of the molecule is COc1ccc(CCN)cc1-c1cccs1. The van der Waals surface area contributed by atoms with Gasteiger partial charge in [-0.3, -0.25) is 0 Å². The third-order valence-corrected chi connectivity index (χ3v) is 3.39. The number of methoxy groups -OCH3 is 1. The number of ether oxygens (including phenoxy) is 1. The molecule has 1 aromatic carbocycles. The van der Waals surface area contributed by atoms with Crippen LogP contribution in [0.15, 0.2) is 35.7 Å². The largest absolute Gasteiger partial charge is 0.496 e. The molecule has 1 heterocycles. The molecule has 0 aliphatic rings. The van der Waals surface area contributed by atoms with Crippen molar-refractivity contribution in [3.63, 3.8) is 0 Å². The van der Waals surface area contributed by atoms with E-state index in [4.69, 9.17) is 10.5 Å². The Hall–Kier alpha value is -1.32. The molecule has 0 aliphatic carbocycles. The number of thiophene rings is 1. The summed E-state index contributed by atoms with van der Waals surface area (Å²) in [5.41, 5.74) is 7.98. The number of nitrogens with two attached hydrogens (primary N) is 1. The molecule has 0 bridgehead atoms. The lowest BCUT2D eigenvalue weighted by Gasteiger charge is -2.09. The summed E-state index contributed by atoms with van der Waals surface area (Å²) in [5.74, 6) is 0.920. The van der Waals surface area contributed by atoms with Crippen molar-refractivity contribution >= 4 is 11.3 Å². The summed E-state index contributed by atoms with van der Waals surface area (Å²) in [7, 11) is 1.70. The van der Waals surface area contributed by atoms with Gasteiger partial charge in [0.1, 0.15) is 5.75 Å². The van der Waals surface area contributed by atoms with Crippen molar-refractivity contribution < 1.29 is 4.74 Å². The summed E-state index contributed by atoms with van der Waals surface area (Å²) in [6, 6.07) is 10.4. The lowest BCUT2D eigenvalue weighted by molar-refractivity contribution is 0.416. The van der Waals surface area contributed by atoms with Gasteiger partial charge in [0.25, 0.3) is 0 Å². The van der Waals surface area contributed by atoms with Gasteiger partial charge in [0.15, 0.2) is 0 Å². The Balaban J connectivity index is 2.43. The van der Waals surface area contributed by atoms with E-state index in [1.165, 1.54) is 10.4 Å². The molecule has 2 N–H and O–H groups in total. The second kappa shape index (κ2) is 5.14. The Bertz CT molecular complexity index is 451. The van der Waals surface area contributed by atoms with Crippen molar-refractivity contribution in [3.05, 3.63) is 41.3 Å². The van der Waals surface area contributed by atoms with Gasteiger partial charge in [0.05, 0.1) is 7.11 Å². The van der Waals surface area contributed by atoms with E-state index in [0.717, 1.165) is 17.7 Å². The minimum atomic E-state index is 0.677. The Morgan fingerprint density at radius 1 is 1.31 bits per heavy atom. The Morgan fingerprint density at radius 3 is 2.81 bits per heavy atom. The van der Waals surface area contributed by atoms with E-state index >= 15 is 0 Å². The average molecular weight is 233 g/mol. The smallest absolute Gasteiger partial charge is 0.127 e. The molecule has 2 aromatic rings. The molecule has 0 atom stereocenters. The van der Waals surface area contributed by atoms with Crippen LogP contribution in [0, 0.1) is 0 Å². The maximum absolute atomic E-state index is 5.57. The Labute approximate surface area is 99.7 Å². The van der Waals surface area contributed by atoms with Gasteiger partial charge in [-0.25, -0.2) is 0 Å². The second-order valence-electron chi connectivity index (χ2n) is 3.55. The summed E-state index contributed by atoms with van der Waals surface area (Å²) in [6.07, 6.45) is 0.905.